The second-order valence-electron chi connectivity index (χ2n) is 4.16. The van der Waals surface area contributed by atoms with Crippen LogP contribution in [0.25, 0.3) is 6.08 Å². The highest BCUT2D eigenvalue weighted by atomic mass is 35.5. The molecular formula is C14H14ClNO4S. The molecular weight excluding hydrogens is 314 g/mol. The van der Waals surface area contributed by atoms with Crippen molar-refractivity contribution in [3.8, 4) is 11.5 Å². The van der Waals surface area contributed by atoms with Crippen molar-refractivity contribution < 1.29 is 19.1 Å². The Kier molecular flexibility index (Phi) is 4.80. The third kappa shape index (κ3) is 3.01. The smallest absolute Gasteiger partial charge is 0.293 e. The topological polar surface area (TPSA) is 55.8 Å². The molecule has 1 aliphatic heterocycles. The molecule has 1 aliphatic rings. The van der Waals surface area contributed by atoms with Gasteiger partial charge in [0.2, 0.25) is 0 Å². The van der Waals surface area contributed by atoms with Crippen LogP contribution < -0.4 is 9.47 Å². The van der Waals surface area contributed by atoms with Crippen LogP contribution in [0.4, 0.5) is 4.79 Å². The Hall–Kier alpha value is -1.66. The number of halogens is 1. The molecule has 0 atom stereocenters. The molecule has 0 aromatic heterocycles. The lowest BCUT2D eigenvalue weighted by atomic mass is 10.2. The largest absolute Gasteiger partial charge is 0.493 e. The fourth-order valence-electron chi connectivity index (χ4n) is 1.95. The average Bonchev–Trinajstić information content (AvgIpc) is 2.72. The Morgan fingerprint density at radius 1 is 1.29 bits per heavy atom. The first kappa shape index (κ1) is 15.7. The quantitative estimate of drug-likeness (QED) is 0.793. The summed E-state index contributed by atoms with van der Waals surface area (Å²) >= 11 is 7.03. The molecule has 1 aromatic rings. The van der Waals surface area contributed by atoms with E-state index >= 15 is 0 Å². The van der Waals surface area contributed by atoms with Gasteiger partial charge in [0.05, 0.1) is 24.1 Å². The van der Waals surface area contributed by atoms with Crippen molar-refractivity contribution in [2.45, 2.75) is 6.92 Å². The number of rotatable bonds is 4. The number of benzene rings is 1. The Balaban J connectivity index is 2.40. The number of carbonyl (C=O) groups is 2. The van der Waals surface area contributed by atoms with E-state index in [0.717, 1.165) is 11.8 Å². The maximum absolute atomic E-state index is 12.0. The molecule has 0 bridgehead atoms. The number of hydrogen-bond acceptors (Lipinski definition) is 5. The minimum atomic E-state index is -0.293. The minimum absolute atomic E-state index is 0.264. The molecule has 1 heterocycles. The van der Waals surface area contributed by atoms with E-state index in [-0.39, 0.29) is 11.1 Å². The number of likely N-dealkylation sites (N-methyl/N-ethyl adjacent to an activating group) is 1. The number of nitrogens with zero attached hydrogens (tertiary/aromatic N) is 1. The van der Waals surface area contributed by atoms with Crippen molar-refractivity contribution in [2.75, 3.05) is 20.8 Å². The molecule has 1 aromatic carbocycles. The second-order valence-corrected chi connectivity index (χ2v) is 5.56. The van der Waals surface area contributed by atoms with Crippen molar-refractivity contribution >= 4 is 40.6 Å². The van der Waals surface area contributed by atoms with Gasteiger partial charge in [-0.25, -0.2) is 0 Å². The van der Waals surface area contributed by atoms with E-state index in [2.05, 4.69) is 0 Å². The highest BCUT2D eigenvalue weighted by molar-refractivity contribution is 8.18. The molecule has 0 spiro atoms. The summed E-state index contributed by atoms with van der Waals surface area (Å²) in [6.45, 7) is 2.11. The molecule has 0 unspecified atom stereocenters. The SMILES string of the molecule is CCN1C(=O)SC(=Cc2cc(Cl)c(OC)c(OC)c2)C1=O. The first-order chi connectivity index (χ1) is 10.0. The summed E-state index contributed by atoms with van der Waals surface area (Å²) in [6.07, 6.45) is 1.62. The molecule has 5 nitrogen and oxygen atoms in total. The van der Waals surface area contributed by atoms with Crippen molar-refractivity contribution in [1.82, 2.24) is 4.90 Å². The summed E-state index contributed by atoms with van der Waals surface area (Å²) in [6, 6.07) is 3.35. The maximum atomic E-state index is 12.0. The second kappa shape index (κ2) is 6.41. The molecule has 1 fully saturated rings. The number of ether oxygens (including phenoxy) is 2. The lowest BCUT2D eigenvalue weighted by Crippen LogP contribution is -2.27. The zero-order valence-electron chi connectivity index (χ0n) is 11.8. The van der Waals surface area contributed by atoms with Crippen LogP contribution in [-0.2, 0) is 4.79 Å². The van der Waals surface area contributed by atoms with Gasteiger partial charge in [0.15, 0.2) is 11.5 Å². The van der Waals surface area contributed by atoms with E-state index < -0.39 is 0 Å². The number of imide groups is 1. The Bertz CT molecular complexity index is 630. The molecule has 0 N–H and O–H groups in total. The number of methoxy groups -OCH3 is 2. The van der Waals surface area contributed by atoms with Gasteiger partial charge in [-0.05, 0) is 42.5 Å². The monoisotopic (exact) mass is 327 g/mol. The van der Waals surface area contributed by atoms with Crippen molar-refractivity contribution in [1.29, 1.82) is 0 Å². The first-order valence-electron chi connectivity index (χ1n) is 6.18. The summed E-state index contributed by atoms with van der Waals surface area (Å²) < 4.78 is 10.4. The van der Waals surface area contributed by atoms with Gasteiger partial charge >= 0.3 is 0 Å². The van der Waals surface area contributed by atoms with Crippen molar-refractivity contribution in [2.24, 2.45) is 0 Å². The van der Waals surface area contributed by atoms with Crippen LogP contribution in [0.2, 0.25) is 5.02 Å². The zero-order chi connectivity index (χ0) is 15.6. The lowest BCUT2D eigenvalue weighted by molar-refractivity contribution is -0.122. The summed E-state index contributed by atoms with van der Waals surface area (Å²) in [5.74, 6) is 0.599. The summed E-state index contributed by atoms with van der Waals surface area (Å²) in [4.78, 5) is 25.3. The normalized spacial score (nSPS) is 16.8. The Labute approximate surface area is 131 Å². The van der Waals surface area contributed by atoms with Gasteiger partial charge in [0.25, 0.3) is 11.1 Å². The van der Waals surface area contributed by atoms with E-state index in [1.54, 1.807) is 25.1 Å². The Morgan fingerprint density at radius 3 is 2.52 bits per heavy atom. The summed E-state index contributed by atoms with van der Waals surface area (Å²) in [5, 5.41) is 0.109. The van der Waals surface area contributed by atoms with E-state index in [9.17, 15) is 9.59 Å². The number of hydrogen-bond donors (Lipinski definition) is 0. The minimum Gasteiger partial charge on any atom is -0.493 e. The van der Waals surface area contributed by atoms with Crippen molar-refractivity contribution in [3.63, 3.8) is 0 Å². The Morgan fingerprint density at radius 2 is 2.00 bits per heavy atom. The number of thioether (sulfide) groups is 1. The molecule has 112 valence electrons. The van der Waals surface area contributed by atoms with Crippen LogP contribution >= 0.6 is 23.4 Å². The highest BCUT2D eigenvalue weighted by Crippen LogP contribution is 2.38. The molecule has 2 rings (SSSR count). The van der Waals surface area contributed by atoms with Crippen LogP contribution in [0.1, 0.15) is 12.5 Å². The van der Waals surface area contributed by atoms with Gasteiger partial charge in [-0.1, -0.05) is 11.6 Å². The van der Waals surface area contributed by atoms with E-state index in [4.69, 9.17) is 21.1 Å². The van der Waals surface area contributed by atoms with Crippen molar-refractivity contribution in [3.05, 3.63) is 27.6 Å². The fraction of sp³-hybridized carbons (Fsp3) is 0.286. The molecule has 2 amide bonds. The number of amides is 2. The molecule has 0 radical (unpaired) electrons. The van der Waals surface area contributed by atoms with Gasteiger partial charge in [-0.3, -0.25) is 14.5 Å². The number of carbonyl (C=O) groups excluding carboxylic acids is 2. The van der Waals surface area contributed by atoms with Gasteiger partial charge in [0.1, 0.15) is 0 Å². The van der Waals surface area contributed by atoms with Crippen LogP contribution in [0.15, 0.2) is 17.0 Å². The third-order valence-electron chi connectivity index (χ3n) is 2.94. The van der Waals surface area contributed by atoms with Gasteiger partial charge in [0, 0.05) is 6.54 Å². The molecule has 0 saturated carbocycles. The van der Waals surface area contributed by atoms with E-state index in [1.165, 1.54) is 19.1 Å². The predicted octanol–water partition coefficient (Wildman–Crippen LogP) is 3.41. The lowest BCUT2D eigenvalue weighted by Gasteiger charge is -2.10. The third-order valence-corrected chi connectivity index (χ3v) is 4.13. The van der Waals surface area contributed by atoms with Gasteiger partial charge in [-0.2, -0.15) is 0 Å². The van der Waals surface area contributed by atoms with E-state index in [0.29, 0.717) is 33.5 Å². The maximum Gasteiger partial charge on any atom is 0.293 e. The predicted molar refractivity (Wildman–Crippen MR) is 82.9 cm³/mol. The van der Waals surface area contributed by atoms with Gasteiger partial charge in [-0.15, -0.1) is 0 Å². The fourth-order valence-corrected chi connectivity index (χ4v) is 3.14. The summed E-state index contributed by atoms with van der Waals surface area (Å²) in [5.41, 5.74) is 0.666. The molecule has 21 heavy (non-hydrogen) atoms. The summed E-state index contributed by atoms with van der Waals surface area (Å²) in [7, 11) is 3.00. The van der Waals surface area contributed by atoms with Gasteiger partial charge < -0.3 is 9.47 Å². The van der Waals surface area contributed by atoms with Crippen LogP contribution in [0.3, 0.4) is 0 Å². The van der Waals surface area contributed by atoms with Crippen LogP contribution in [-0.4, -0.2) is 36.8 Å². The van der Waals surface area contributed by atoms with Crippen LogP contribution in [0.5, 0.6) is 11.5 Å². The average molecular weight is 328 g/mol. The van der Waals surface area contributed by atoms with E-state index in [1.807, 2.05) is 0 Å². The first-order valence-corrected chi connectivity index (χ1v) is 7.38. The molecule has 7 heteroatoms. The standard InChI is InChI=1S/C14H14ClNO4S/c1-4-16-13(17)11(21-14(16)18)7-8-5-9(15)12(20-3)10(6-8)19-2/h5-7H,4H2,1-3H3. The van der Waals surface area contributed by atoms with Crippen LogP contribution in [0, 0.1) is 0 Å². The molecule has 0 aliphatic carbocycles. The molecule has 1 saturated heterocycles. The zero-order valence-corrected chi connectivity index (χ0v) is 13.4. The highest BCUT2D eigenvalue weighted by Gasteiger charge is 2.33.